The Kier molecular flexibility index (Phi) is 3.51. The largest absolute Gasteiger partial charge is 0.478 e. The molecule has 0 saturated heterocycles. The predicted octanol–water partition coefficient (Wildman–Crippen LogP) is 3.13. The van der Waals surface area contributed by atoms with Gasteiger partial charge in [0.15, 0.2) is 11.6 Å². The van der Waals surface area contributed by atoms with Gasteiger partial charge in [-0.2, -0.15) is 0 Å². The third-order valence-electron chi connectivity index (χ3n) is 2.60. The number of halogens is 3. The summed E-state index contributed by atoms with van der Waals surface area (Å²) >= 11 is 0. The van der Waals surface area contributed by atoms with Crippen LogP contribution in [0.25, 0.3) is 0 Å². The molecular formula is C13H9F3N2O2. The molecule has 0 aliphatic heterocycles. The van der Waals surface area contributed by atoms with Crippen LogP contribution in [0.2, 0.25) is 0 Å². The van der Waals surface area contributed by atoms with Crippen LogP contribution in [0.15, 0.2) is 30.3 Å². The van der Waals surface area contributed by atoms with E-state index in [2.05, 4.69) is 5.32 Å². The molecule has 0 amide bonds. The number of nitrogens with two attached hydrogens (primary N) is 1. The number of anilines is 3. The number of carbonyl (C=O) groups is 1. The number of hydrogen-bond acceptors (Lipinski definition) is 3. The highest BCUT2D eigenvalue weighted by molar-refractivity contribution is 5.98. The van der Waals surface area contributed by atoms with E-state index in [0.717, 1.165) is 0 Å². The summed E-state index contributed by atoms with van der Waals surface area (Å²) in [7, 11) is 0. The minimum atomic E-state index is -1.34. The van der Waals surface area contributed by atoms with Crippen LogP contribution in [0.1, 0.15) is 10.4 Å². The molecule has 0 aliphatic carbocycles. The molecule has 0 saturated carbocycles. The number of carboxylic acids is 1. The molecule has 0 unspecified atom stereocenters. The molecule has 2 aromatic rings. The number of nitrogen functional groups attached to an aromatic ring is 1. The summed E-state index contributed by atoms with van der Waals surface area (Å²) in [6.07, 6.45) is 0. The van der Waals surface area contributed by atoms with Crippen LogP contribution >= 0.6 is 0 Å². The van der Waals surface area contributed by atoms with E-state index in [-0.39, 0.29) is 16.9 Å². The average molecular weight is 282 g/mol. The fraction of sp³-hybridized carbons (Fsp3) is 0. The van der Waals surface area contributed by atoms with Gasteiger partial charge < -0.3 is 16.2 Å². The van der Waals surface area contributed by atoms with Crippen molar-refractivity contribution in [2.45, 2.75) is 0 Å². The molecule has 0 aliphatic rings. The quantitative estimate of drug-likeness (QED) is 0.597. The van der Waals surface area contributed by atoms with Gasteiger partial charge in [-0.05, 0) is 12.1 Å². The molecule has 0 atom stereocenters. The maximum absolute atomic E-state index is 13.5. The van der Waals surface area contributed by atoms with E-state index < -0.39 is 29.1 Å². The Labute approximate surface area is 111 Å². The second-order valence-electron chi connectivity index (χ2n) is 3.95. The summed E-state index contributed by atoms with van der Waals surface area (Å²) in [5.74, 6) is -4.96. The summed E-state index contributed by atoms with van der Waals surface area (Å²) in [5, 5.41) is 11.4. The lowest BCUT2D eigenvalue weighted by molar-refractivity contribution is 0.0698. The first-order chi connectivity index (χ1) is 9.40. The zero-order valence-corrected chi connectivity index (χ0v) is 9.95. The summed E-state index contributed by atoms with van der Waals surface area (Å²) < 4.78 is 39.4. The maximum Gasteiger partial charge on any atom is 0.337 e. The van der Waals surface area contributed by atoms with Crippen molar-refractivity contribution in [1.29, 1.82) is 0 Å². The monoisotopic (exact) mass is 282 g/mol. The molecule has 0 fully saturated rings. The molecule has 0 aromatic heterocycles. The summed E-state index contributed by atoms with van der Waals surface area (Å²) in [6.45, 7) is 0. The second kappa shape index (κ2) is 5.12. The lowest BCUT2D eigenvalue weighted by atomic mass is 10.1. The maximum atomic E-state index is 13.5. The van der Waals surface area contributed by atoms with Crippen LogP contribution in [0.5, 0.6) is 0 Å². The second-order valence-corrected chi connectivity index (χ2v) is 3.95. The Bertz CT molecular complexity index is 690. The minimum absolute atomic E-state index is 0.0361. The van der Waals surface area contributed by atoms with Crippen molar-refractivity contribution in [1.82, 2.24) is 0 Å². The Hall–Kier alpha value is -2.70. The molecule has 104 valence electrons. The number of nitrogens with one attached hydrogen (secondary N) is 1. The molecule has 4 N–H and O–H groups in total. The van der Waals surface area contributed by atoms with Gasteiger partial charge in [0.05, 0.1) is 22.6 Å². The summed E-state index contributed by atoms with van der Waals surface area (Å²) in [6, 6.07) is 5.00. The van der Waals surface area contributed by atoms with Gasteiger partial charge in [-0.1, -0.05) is 6.07 Å². The first-order valence-corrected chi connectivity index (χ1v) is 5.43. The summed E-state index contributed by atoms with van der Waals surface area (Å²) in [5.41, 5.74) is 4.93. The topological polar surface area (TPSA) is 75.4 Å². The smallest absolute Gasteiger partial charge is 0.337 e. The molecule has 0 heterocycles. The standard InChI is InChI=1S/C13H9F3N2O2/c14-7-4-9(16)11(5-8(7)15)18-12-6(13(19)20)2-1-3-10(12)17/h1-5,18H,17H2,(H,19,20). The highest BCUT2D eigenvalue weighted by atomic mass is 19.2. The molecule has 0 spiro atoms. The van der Waals surface area contributed by atoms with E-state index in [1.165, 1.54) is 18.2 Å². The van der Waals surface area contributed by atoms with Gasteiger partial charge >= 0.3 is 5.97 Å². The number of benzene rings is 2. The summed E-state index contributed by atoms with van der Waals surface area (Å²) in [4.78, 5) is 11.0. The van der Waals surface area contributed by atoms with Crippen molar-refractivity contribution in [3.63, 3.8) is 0 Å². The third-order valence-corrected chi connectivity index (χ3v) is 2.60. The lowest BCUT2D eigenvalue weighted by Crippen LogP contribution is -2.07. The fourth-order valence-corrected chi connectivity index (χ4v) is 1.64. The Morgan fingerprint density at radius 1 is 1.10 bits per heavy atom. The van der Waals surface area contributed by atoms with Crippen molar-refractivity contribution in [2.24, 2.45) is 0 Å². The zero-order chi connectivity index (χ0) is 14.9. The van der Waals surface area contributed by atoms with Crippen molar-refractivity contribution >= 4 is 23.0 Å². The number of aromatic carboxylic acids is 1. The molecule has 2 rings (SSSR count). The highest BCUT2D eigenvalue weighted by Gasteiger charge is 2.16. The van der Waals surface area contributed by atoms with Gasteiger partial charge in [-0.15, -0.1) is 0 Å². The molecule has 20 heavy (non-hydrogen) atoms. The molecule has 4 nitrogen and oxygen atoms in total. The lowest BCUT2D eigenvalue weighted by Gasteiger charge is -2.13. The van der Waals surface area contributed by atoms with E-state index in [0.29, 0.717) is 12.1 Å². The number of rotatable bonds is 3. The van der Waals surface area contributed by atoms with E-state index in [1.54, 1.807) is 0 Å². The van der Waals surface area contributed by atoms with Gasteiger partial charge in [0, 0.05) is 12.1 Å². The first kappa shape index (κ1) is 13.7. The van der Waals surface area contributed by atoms with E-state index in [4.69, 9.17) is 10.8 Å². The van der Waals surface area contributed by atoms with E-state index >= 15 is 0 Å². The highest BCUT2D eigenvalue weighted by Crippen LogP contribution is 2.29. The van der Waals surface area contributed by atoms with Crippen LogP contribution in [-0.2, 0) is 0 Å². The predicted molar refractivity (Wildman–Crippen MR) is 67.4 cm³/mol. The number of hydrogen-bond donors (Lipinski definition) is 3. The normalized spacial score (nSPS) is 10.3. The van der Waals surface area contributed by atoms with Gasteiger partial charge in [0.1, 0.15) is 5.82 Å². The van der Waals surface area contributed by atoms with Gasteiger partial charge in [-0.3, -0.25) is 0 Å². The third kappa shape index (κ3) is 2.51. The minimum Gasteiger partial charge on any atom is -0.478 e. The van der Waals surface area contributed by atoms with Crippen LogP contribution in [0.3, 0.4) is 0 Å². The zero-order valence-electron chi connectivity index (χ0n) is 9.95. The van der Waals surface area contributed by atoms with E-state index in [1.807, 2.05) is 0 Å². The molecule has 2 aromatic carbocycles. The van der Waals surface area contributed by atoms with Crippen LogP contribution in [0.4, 0.5) is 30.2 Å². The van der Waals surface area contributed by atoms with Crippen LogP contribution in [0, 0.1) is 17.5 Å². The van der Waals surface area contributed by atoms with Gasteiger partial charge in [0.25, 0.3) is 0 Å². The molecule has 0 bridgehead atoms. The SMILES string of the molecule is Nc1cccc(C(=O)O)c1Nc1cc(F)c(F)cc1F. The molecular weight excluding hydrogens is 273 g/mol. The molecule has 0 radical (unpaired) electrons. The number of para-hydroxylation sites is 1. The Morgan fingerprint density at radius 3 is 2.40 bits per heavy atom. The van der Waals surface area contributed by atoms with Gasteiger partial charge in [0.2, 0.25) is 0 Å². The fourth-order valence-electron chi connectivity index (χ4n) is 1.64. The van der Waals surface area contributed by atoms with Crippen LogP contribution < -0.4 is 11.1 Å². The average Bonchev–Trinajstić information content (AvgIpc) is 2.37. The Balaban J connectivity index is 2.50. The number of carboxylic acid groups (broad SMARTS) is 1. The van der Waals surface area contributed by atoms with Crippen molar-refractivity contribution in [3.05, 3.63) is 53.3 Å². The molecule has 7 heteroatoms. The van der Waals surface area contributed by atoms with Crippen molar-refractivity contribution in [3.8, 4) is 0 Å². The Morgan fingerprint density at radius 2 is 1.75 bits per heavy atom. The van der Waals surface area contributed by atoms with E-state index in [9.17, 15) is 18.0 Å². The first-order valence-electron chi connectivity index (χ1n) is 5.43. The van der Waals surface area contributed by atoms with Crippen LogP contribution in [-0.4, -0.2) is 11.1 Å². The van der Waals surface area contributed by atoms with Gasteiger partial charge in [-0.25, -0.2) is 18.0 Å². The van der Waals surface area contributed by atoms with Crippen molar-refractivity contribution in [2.75, 3.05) is 11.1 Å². The van der Waals surface area contributed by atoms with Crippen molar-refractivity contribution < 1.29 is 23.1 Å².